The number of nitrogens with one attached hydrogen (secondary N) is 2. The quantitative estimate of drug-likeness (QED) is 0.667. The predicted octanol–water partition coefficient (Wildman–Crippen LogP) is 3.68. The maximum atomic E-state index is 12.7. The second-order valence-corrected chi connectivity index (χ2v) is 8.98. The van der Waals surface area contributed by atoms with Crippen LogP contribution < -0.4 is 10.6 Å². The molecular formula is C25H33ClN4O2. The van der Waals surface area contributed by atoms with Crippen LogP contribution in [0.5, 0.6) is 0 Å². The van der Waals surface area contributed by atoms with E-state index >= 15 is 0 Å². The Balaban J connectivity index is 1.26. The number of carbonyl (C=O) groups is 1. The molecule has 2 aliphatic heterocycles. The van der Waals surface area contributed by atoms with Crippen molar-refractivity contribution in [2.75, 3.05) is 45.9 Å². The molecule has 4 rings (SSSR count). The number of urea groups is 1. The number of piperidine rings is 1. The molecule has 2 aromatic rings. The summed E-state index contributed by atoms with van der Waals surface area (Å²) < 4.78 is 5.51. The van der Waals surface area contributed by atoms with E-state index in [0.29, 0.717) is 19.8 Å². The first-order valence-corrected chi connectivity index (χ1v) is 11.9. The molecule has 7 heteroatoms. The van der Waals surface area contributed by atoms with Gasteiger partial charge in [0.15, 0.2) is 0 Å². The van der Waals surface area contributed by atoms with Crippen molar-refractivity contribution in [2.24, 2.45) is 0 Å². The van der Waals surface area contributed by atoms with Crippen molar-refractivity contribution in [3.8, 4) is 0 Å². The van der Waals surface area contributed by atoms with Crippen molar-refractivity contribution in [3.05, 3.63) is 70.7 Å². The van der Waals surface area contributed by atoms with Crippen molar-refractivity contribution in [3.63, 3.8) is 0 Å². The van der Waals surface area contributed by atoms with Gasteiger partial charge in [-0.25, -0.2) is 4.79 Å². The maximum absolute atomic E-state index is 12.7. The van der Waals surface area contributed by atoms with E-state index in [1.165, 1.54) is 5.56 Å². The lowest BCUT2D eigenvalue weighted by atomic mass is 10.0. The van der Waals surface area contributed by atoms with Crippen LogP contribution in [0.25, 0.3) is 0 Å². The van der Waals surface area contributed by atoms with Crippen LogP contribution in [0.2, 0.25) is 5.02 Å². The van der Waals surface area contributed by atoms with Gasteiger partial charge in [0.05, 0.1) is 19.3 Å². The SMILES string of the molecule is O=C(NC[C@@H](c1ccccc1Cl)N1CCOCC1)NC1CCN(Cc2ccccc2)CC1. The van der Waals surface area contributed by atoms with Crippen LogP contribution >= 0.6 is 11.6 Å². The fourth-order valence-corrected chi connectivity index (χ4v) is 4.83. The molecule has 2 saturated heterocycles. The Bertz CT molecular complexity index is 852. The first kappa shape index (κ1) is 23.1. The monoisotopic (exact) mass is 456 g/mol. The zero-order valence-electron chi connectivity index (χ0n) is 18.5. The van der Waals surface area contributed by atoms with E-state index in [4.69, 9.17) is 16.3 Å². The Morgan fingerprint density at radius 2 is 1.69 bits per heavy atom. The molecule has 2 fully saturated rings. The molecule has 0 saturated carbocycles. The lowest BCUT2D eigenvalue weighted by Gasteiger charge is -2.35. The Kier molecular flexibility index (Phi) is 8.40. The van der Waals surface area contributed by atoms with Gasteiger partial charge >= 0.3 is 6.03 Å². The minimum Gasteiger partial charge on any atom is -0.379 e. The third-order valence-corrected chi connectivity index (χ3v) is 6.72. The number of amides is 2. The number of rotatable bonds is 7. The average Bonchev–Trinajstić information content (AvgIpc) is 2.83. The molecule has 0 bridgehead atoms. The van der Waals surface area contributed by atoms with E-state index in [1.54, 1.807) is 0 Å². The summed E-state index contributed by atoms with van der Waals surface area (Å²) in [5, 5.41) is 7.01. The molecule has 32 heavy (non-hydrogen) atoms. The summed E-state index contributed by atoms with van der Waals surface area (Å²) in [5.41, 5.74) is 2.39. The van der Waals surface area contributed by atoms with Gasteiger partial charge in [-0.05, 0) is 30.0 Å². The number of carbonyl (C=O) groups excluding carboxylic acids is 1. The number of nitrogens with zero attached hydrogens (tertiary/aromatic N) is 2. The van der Waals surface area contributed by atoms with Crippen LogP contribution in [-0.2, 0) is 11.3 Å². The molecule has 0 unspecified atom stereocenters. The van der Waals surface area contributed by atoms with Crippen LogP contribution in [0.4, 0.5) is 4.79 Å². The topological polar surface area (TPSA) is 56.8 Å². The zero-order chi connectivity index (χ0) is 22.2. The van der Waals surface area contributed by atoms with Crippen LogP contribution in [0, 0.1) is 0 Å². The van der Waals surface area contributed by atoms with Crippen molar-refractivity contribution in [1.82, 2.24) is 20.4 Å². The number of benzene rings is 2. The molecule has 2 N–H and O–H groups in total. The highest BCUT2D eigenvalue weighted by Gasteiger charge is 2.26. The molecule has 6 nitrogen and oxygen atoms in total. The summed E-state index contributed by atoms with van der Waals surface area (Å²) in [6.45, 7) is 6.55. The van der Waals surface area contributed by atoms with E-state index in [-0.39, 0.29) is 18.1 Å². The third kappa shape index (κ3) is 6.45. The second-order valence-electron chi connectivity index (χ2n) is 8.58. The van der Waals surface area contributed by atoms with Crippen molar-refractivity contribution < 1.29 is 9.53 Å². The number of ether oxygens (including phenoxy) is 1. The molecule has 0 radical (unpaired) electrons. The van der Waals surface area contributed by atoms with Gasteiger partial charge in [-0.2, -0.15) is 0 Å². The standard InChI is InChI=1S/C25H33ClN4O2/c26-23-9-5-4-8-22(23)24(30-14-16-32-17-15-30)18-27-25(31)28-21-10-12-29(13-11-21)19-20-6-2-1-3-7-20/h1-9,21,24H,10-19H2,(H2,27,28,31)/t24-/m0/s1. The number of hydrogen-bond acceptors (Lipinski definition) is 4. The summed E-state index contributed by atoms with van der Waals surface area (Å²) >= 11 is 6.49. The van der Waals surface area contributed by atoms with Crippen LogP contribution in [0.1, 0.15) is 30.0 Å². The van der Waals surface area contributed by atoms with Gasteiger partial charge in [0.1, 0.15) is 0 Å². The normalized spacial score (nSPS) is 19.4. The van der Waals surface area contributed by atoms with Gasteiger partial charge in [-0.15, -0.1) is 0 Å². The Labute approximate surface area is 195 Å². The molecule has 1 atom stereocenters. The smallest absolute Gasteiger partial charge is 0.315 e. The van der Waals surface area contributed by atoms with Gasteiger partial charge in [-0.1, -0.05) is 60.1 Å². The molecule has 0 spiro atoms. The zero-order valence-corrected chi connectivity index (χ0v) is 19.3. The average molecular weight is 457 g/mol. The second kappa shape index (κ2) is 11.7. The largest absolute Gasteiger partial charge is 0.379 e. The van der Waals surface area contributed by atoms with Gasteiger partial charge < -0.3 is 15.4 Å². The molecule has 172 valence electrons. The van der Waals surface area contributed by atoms with E-state index in [0.717, 1.165) is 56.2 Å². The number of halogens is 1. The molecule has 0 aliphatic carbocycles. The van der Waals surface area contributed by atoms with E-state index < -0.39 is 0 Å². The highest BCUT2D eigenvalue weighted by Crippen LogP contribution is 2.27. The van der Waals surface area contributed by atoms with Crippen molar-refractivity contribution in [2.45, 2.75) is 31.5 Å². The van der Waals surface area contributed by atoms with Crippen molar-refractivity contribution >= 4 is 17.6 Å². The fourth-order valence-electron chi connectivity index (χ4n) is 4.57. The Morgan fingerprint density at radius 1 is 1.00 bits per heavy atom. The highest BCUT2D eigenvalue weighted by atomic mass is 35.5. The summed E-state index contributed by atoms with van der Waals surface area (Å²) in [6.07, 6.45) is 1.94. The van der Waals surface area contributed by atoms with Gasteiger partial charge in [0.2, 0.25) is 0 Å². The summed E-state index contributed by atoms with van der Waals surface area (Å²) in [7, 11) is 0. The Hall–Kier alpha value is -2.12. The number of morpholine rings is 1. The fraction of sp³-hybridized carbons (Fsp3) is 0.480. The first-order chi connectivity index (χ1) is 15.7. The molecule has 2 aromatic carbocycles. The van der Waals surface area contributed by atoms with E-state index in [1.807, 2.05) is 30.3 Å². The summed E-state index contributed by atoms with van der Waals surface area (Å²) in [5.74, 6) is 0. The minimum atomic E-state index is -0.100. The molecule has 2 aliphatic rings. The lowest BCUT2D eigenvalue weighted by Crippen LogP contribution is -2.50. The minimum absolute atomic E-state index is 0.0334. The molecular weight excluding hydrogens is 424 g/mol. The highest BCUT2D eigenvalue weighted by molar-refractivity contribution is 6.31. The van der Waals surface area contributed by atoms with Crippen LogP contribution in [0.15, 0.2) is 54.6 Å². The van der Waals surface area contributed by atoms with Crippen molar-refractivity contribution in [1.29, 1.82) is 0 Å². The van der Waals surface area contributed by atoms with Crippen LogP contribution in [0.3, 0.4) is 0 Å². The molecule has 0 aromatic heterocycles. The maximum Gasteiger partial charge on any atom is 0.315 e. The summed E-state index contributed by atoms with van der Waals surface area (Å²) in [6, 6.07) is 18.6. The van der Waals surface area contributed by atoms with Crippen LogP contribution in [-0.4, -0.2) is 67.8 Å². The number of likely N-dealkylation sites (tertiary alicyclic amines) is 1. The first-order valence-electron chi connectivity index (χ1n) is 11.6. The van der Waals surface area contributed by atoms with E-state index in [2.05, 4.69) is 44.7 Å². The molecule has 2 amide bonds. The van der Waals surface area contributed by atoms with Gasteiger partial charge in [0.25, 0.3) is 0 Å². The predicted molar refractivity (Wildman–Crippen MR) is 128 cm³/mol. The summed E-state index contributed by atoms with van der Waals surface area (Å²) in [4.78, 5) is 17.5. The Morgan fingerprint density at radius 3 is 2.41 bits per heavy atom. The van der Waals surface area contributed by atoms with E-state index in [9.17, 15) is 4.79 Å². The van der Waals surface area contributed by atoms with Gasteiger partial charge in [-0.3, -0.25) is 9.80 Å². The number of hydrogen-bond donors (Lipinski definition) is 2. The third-order valence-electron chi connectivity index (χ3n) is 6.38. The molecule has 2 heterocycles. The lowest BCUT2D eigenvalue weighted by molar-refractivity contribution is 0.0167. The van der Waals surface area contributed by atoms with Gasteiger partial charge in [0, 0.05) is 50.3 Å².